The molecule has 1 aliphatic heterocycles. The predicted molar refractivity (Wildman–Crippen MR) is 106 cm³/mol. The van der Waals surface area contributed by atoms with Crippen LogP contribution >= 0.6 is 0 Å². The van der Waals surface area contributed by atoms with Gasteiger partial charge in [0.2, 0.25) is 0 Å². The highest BCUT2D eigenvalue weighted by molar-refractivity contribution is 6.06. The van der Waals surface area contributed by atoms with Crippen molar-refractivity contribution in [3.63, 3.8) is 0 Å². The van der Waals surface area contributed by atoms with Crippen LogP contribution in [0.1, 0.15) is 27.3 Å². The molecule has 146 valence electrons. The molecule has 3 aromatic rings. The van der Waals surface area contributed by atoms with Crippen molar-refractivity contribution in [3.05, 3.63) is 46.8 Å². The number of aromatic nitrogens is 3. The van der Waals surface area contributed by atoms with E-state index in [1.165, 1.54) is 0 Å². The number of hydrogen-bond donors (Lipinski definition) is 1. The molecule has 2 aromatic heterocycles. The Morgan fingerprint density at radius 2 is 2.18 bits per heavy atom. The Morgan fingerprint density at radius 1 is 1.36 bits per heavy atom. The Morgan fingerprint density at radius 3 is 2.96 bits per heavy atom. The summed E-state index contributed by atoms with van der Waals surface area (Å²) in [6, 6.07) is 7.69. The Kier molecular flexibility index (Phi) is 4.66. The first-order valence-electron chi connectivity index (χ1n) is 9.35. The van der Waals surface area contributed by atoms with Crippen LogP contribution in [0, 0.1) is 19.8 Å². The topological polar surface area (TPSA) is 78.3 Å². The Balaban J connectivity index is 1.49. The molecule has 7 heteroatoms. The van der Waals surface area contributed by atoms with Gasteiger partial charge in [0.05, 0.1) is 30.4 Å². The van der Waals surface area contributed by atoms with Crippen LogP contribution in [-0.4, -0.2) is 40.9 Å². The van der Waals surface area contributed by atoms with E-state index in [-0.39, 0.29) is 11.8 Å². The maximum Gasteiger partial charge on any atom is 0.252 e. The molecule has 1 aliphatic rings. The molecule has 0 saturated heterocycles. The lowest BCUT2D eigenvalue weighted by Crippen LogP contribution is -2.35. The number of nitrogens with zero attached hydrogens (tertiary/aromatic N) is 3. The number of ether oxygens (including phenoxy) is 2. The second-order valence-electron chi connectivity index (χ2n) is 7.28. The van der Waals surface area contributed by atoms with Gasteiger partial charge in [-0.2, -0.15) is 5.10 Å². The fraction of sp³-hybridized carbons (Fsp3) is 0.381. The molecule has 3 heterocycles. The maximum absolute atomic E-state index is 12.9. The van der Waals surface area contributed by atoms with E-state index in [0.717, 1.165) is 45.9 Å². The first-order chi connectivity index (χ1) is 13.5. The molecule has 0 aliphatic carbocycles. The molecule has 0 fully saturated rings. The minimum atomic E-state index is -0.105. The van der Waals surface area contributed by atoms with Gasteiger partial charge < -0.3 is 14.8 Å². The third-order valence-corrected chi connectivity index (χ3v) is 5.15. The standard InChI is InChI=1S/C21H24N4O3/c1-12-7-17(19-13(2)24-25(3)20(19)23-12)21(26)22-10-14-8-15-5-6-16(27-4)9-18(15)28-11-14/h5-7,9,14H,8,10-11H2,1-4H3,(H,22,26). The molecule has 0 radical (unpaired) electrons. The molecule has 0 bridgehead atoms. The van der Waals surface area contributed by atoms with Crippen LogP contribution < -0.4 is 14.8 Å². The summed E-state index contributed by atoms with van der Waals surface area (Å²) in [6.45, 7) is 4.90. The molecular formula is C21H24N4O3. The summed E-state index contributed by atoms with van der Waals surface area (Å²) in [5.74, 6) is 1.76. The normalized spacial score (nSPS) is 15.8. The van der Waals surface area contributed by atoms with Crippen LogP contribution in [0.2, 0.25) is 0 Å². The van der Waals surface area contributed by atoms with Crippen molar-refractivity contribution in [1.82, 2.24) is 20.1 Å². The number of amides is 1. The van der Waals surface area contributed by atoms with Crippen molar-refractivity contribution in [1.29, 1.82) is 0 Å². The fourth-order valence-electron chi connectivity index (χ4n) is 3.75. The zero-order valence-electron chi connectivity index (χ0n) is 16.6. The molecule has 0 spiro atoms. The molecule has 4 rings (SSSR count). The van der Waals surface area contributed by atoms with Crippen molar-refractivity contribution in [3.8, 4) is 11.5 Å². The Hall–Kier alpha value is -3.09. The van der Waals surface area contributed by atoms with Crippen LogP contribution in [0.3, 0.4) is 0 Å². The first kappa shape index (κ1) is 18.3. The quantitative estimate of drug-likeness (QED) is 0.753. The van der Waals surface area contributed by atoms with Crippen molar-refractivity contribution in [2.24, 2.45) is 13.0 Å². The van der Waals surface area contributed by atoms with Crippen LogP contribution in [0.5, 0.6) is 11.5 Å². The summed E-state index contributed by atoms with van der Waals surface area (Å²) >= 11 is 0. The van der Waals surface area contributed by atoms with Gasteiger partial charge in [0.1, 0.15) is 11.5 Å². The highest BCUT2D eigenvalue weighted by Crippen LogP contribution is 2.31. The summed E-state index contributed by atoms with van der Waals surface area (Å²) in [6.07, 6.45) is 0.857. The molecular weight excluding hydrogens is 356 g/mol. The van der Waals surface area contributed by atoms with Crippen molar-refractivity contribution in [2.75, 3.05) is 20.3 Å². The zero-order chi connectivity index (χ0) is 19.8. The van der Waals surface area contributed by atoms with E-state index in [0.29, 0.717) is 18.7 Å². The molecule has 1 atom stereocenters. The highest BCUT2D eigenvalue weighted by atomic mass is 16.5. The largest absolute Gasteiger partial charge is 0.497 e. The predicted octanol–water partition coefficient (Wildman–Crippen LogP) is 2.57. The maximum atomic E-state index is 12.9. The number of methoxy groups -OCH3 is 1. The van der Waals surface area contributed by atoms with Gasteiger partial charge in [-0.25, -0.2) is 4.98 Å². The lowest BCUT2D eigenvalue weighted by molar-refractivity contribution is 0.0940. The van der Waals surface area contributed by atoms with Crippen molar-refractivity contribution >= 4 is 16.9 Å². The highest BCUT2D eigenvalue weighted by Gasteiger charge is 2.23. The van der Waals surface area contributed by atoms with Gasteiger partial charge >= 0.3 is 0 Å². The van der Waals surface area contributed by atoms with Crippen LogP contribution in [0.15, 0.2) is 24.3 Å². The number of carbonyl (C=O) groups is 1. The van der Waals surface area contributed by atoms with Gasteiger partial charge in [-0.3, -0.25) is 9.48 Å². The van der Waals surface area contributed by atoms with Crippen LogP contribution in [0.4, 0.5) is 0 Å². The number of benzene rings is 1. The SMILES string of the molecule is COc1ccc2c(c1)OCC(CNC(=O)c1cc(C)nc3c1c(C)nn3C)C2. The van der Waals surface area contributed by atoms with Gasteiger partial charge in [0.15, 0.2) is 5.65 Å². The van der Waals surface area contributed by atoms with Crippen LogP contribution in [0.25, 0.3) is 11.0 Å². The molecule has 1 N–H and O–H groups in total. The van der Waals surface area contributed by atoms with Gasteiger partial charge in [0.25, 0.3) is 5.91 Å². The van der Waals surface area contributed by atoms with Gasteiger partial charge in [-0.1, -0.05) is 6.07 Å². The molecule has 1 aromatic carbocycles. The van der Waals surface area contributed by atoms with E-state index in [1.807, 2.05) is 45.2 Å². The Bertz CT molecular complexity index is 1060. The number of carbonyl (C=O) groups excluding carboxylic acids is 1. The molecule has 1 amide bonds. The van der Waals surface area contributed by atoms with Gasteiger partial charge in [-0.15, -0.1) is 0 Å². The zero-order valence-corrected chi connectivity index (χ0v) is 16.6. The molecule has 28 heavy (non-hydrogen) atoms. The summed E-state index contributed by atoms with van der Waals surface area (Å²) in [7, 11) is 3.49. The van der Waals surface area contributed by atoms with E-state index < -0.39 is 0 Å². The van der Waals surface area contributed by atoms with E-state index >= 15 is 0 Å². The average Bonchev–Trinajstić information content (AvgIpc) is 2.98. The fourth-order valence-corrected chi connectivity index (χ4v) is 3.75. The number of aryl methyl sites for hydroxylation is 3. The molecule has 1 unspecified atom stereocenters. The summed E-state index contributed by atoms with van der Waals surface area (Å²) in [4.78, 5) is 17.4. The summed E-state index contributed by atoms with van der Waals surface area (Å²) in [5, 5.41) is 8.29. The number of rotatable bonds is 4. The number of fused-ring (bicyclic) bond motifs is 2. The lowest BCUT2D eigenvalue weighted by atomic mass is 9.96. The Labute approximate surface area is 163 Å². The van der Waals surface area contributed by atoms with Crippen LogP contribution in [-0.2, 0) is 13.5 Å². The number of nitrogens with one attached hydrogen (secondary N) is 1. The summed E-state index contributed by atoms with van der Waals surface area (Å²) < 4.78 is 12.8. The number of hydrogen-bond acceptors (Lipinski definition) is 5. The molecule has 0 saturated carbocycles. The minimum Gasteiger partial charge on any atom is -0.497 e. The lowest BCUT2D eigenvalue weighted by Gasteiger charge is -2.26. The second-order valence-corrected chi connectivity index (χ2v) is 7.28. The third-order valence-electron chi connectivity index (χ3n) is 5.15. The van der Waals surface area contributed by atoms with E-state index in [4.69, 9.17) is 9.47 Å². The summed E-state index contributed by atoms with van der Waals surface area (Å²) in [5.41, 5.74) is 4.08. The van der Waals surface area contributed by atoms with E-state index in [2.05, 4.69) is 15.4 Å². The average molecular weight is 380 g/mol. The number of pyridine rings is 1. The monoisotopic (exact) mass is 380 g/mol. The van der Waals surface area contributed by atoms with E-state index in [1.54, 1.807) is 11.8 Å². The second kappa shape index (κ2) is 7.14. The van der Waals surface area contributed by atoms with E-state index in [9.17, 15) is 4.79 Å². The van der Waals surface area contributed by atoms with Gasteiger partial charge in [0, 0.05) is 31.3 Å². The van der Waals surface area contributed by atoms with Crippen molar-refractivity contribution in [2.45, 2.75) is 20.3 Å². The first-order valence-corrected chi connectivity index (χ1v) is 9.35. The third kappa shape index (κ3) is 3.28. The molecule has 7 nitrogen and oxygen atoms in total. The smallest absolute Gasteiger partial charge is 0.252 e. The minimum absolute atomic E-state index is 0.105. The van der Waals surface area contributed by atoms with Crippen molar-refractivity contribution < 1.29 is 14.3 Å². The van der Waals surface area contributed by atoms with Gasteiger partial charge in [-0.05, 0) is 38.0 Å².